The number of urea groups is 1. The normalized spacial score (nSPS) is 12.5. The van der Waals surface area contributed by atoms with Gasteiger partial charge in [-0.1, -0.05) is 11.8 Å². The molecule has 1 aromatic carbocycles. The summed E-state index contributed by atoms with van der Waals surface area (Å²) < 4.78 is 13.2. The van der Waals surface area contributed by atoms with Crippen LogP contribution in [0.15, 0.2) is 29.6 Å². The van der Waals surface area contributed by atoms with Gasteiger partial charge in [-0.3, -0.25) is 10.1 Å². The van der Waals surface area contributed by atoms with E-state index in [0.717, 1.165) is 22.8 Å². The number of nitrogens with one attached hydrogen (secondary N) is 2. The Morgan fingerprint density at radius 2 is 2.04 bits per heavy atom. The molecule has 2 N–H and O–H groups in total. The van der Waals surface area contributed by atoms with Gasteiger partial charge in [-0.05, 0) is 25.1 Å². The number of hydrogen-bond donors (Lipinski definition) is 2. The van der Waals surface area contributed by atoms with E-state index in [1.807, 2.05) is 29.7 Å². The van der Waals surface area contributed by atoms with E-state index in [2.05, 4.69) is 15.6 Å². The van der Waals surface area contributed by atoms with Crippen molar-refractivity contribution in [1.29, 1.82) is 0 Å². The van der Waals surface area contributed by atoms with E-state index in [1.165, 1.54) is 18.8 Å². The van der Waals surface area contributed by atoms with Crippen LogP contribution in [-0.4, -0.2) is 47.5 Å². The Bertz CT molecular complexity index is 821. The van der Waals surface area contributed by atoms with Crippen molar-refractivity contribution >= 4 is 23.7 Å². The number of benzene rings is 1. The Kier molecular flexibility index (Phi) is 5.67. The average molecular weight is 376 g/mol. The third-order valence-corrected chi connectivity index (χ3v) is 4.78. The molecule has 0 unspecified atom stereocenters. The first-order valence-electron chi connectivity index (χ1n) is 8.22. The molecular weight excluding hydrogens is 356 g/mol. The highest BCUT2D eigenvalue weighted by Crippen LogP contribution is 2.35. The van der Waals surface area contributed by atoms with Gasteiger partial charge >= 0.3 is 6.03 Å². The summed E-state index contributed by atoms with van der Waals surface area (Å²) in [5.74, 6) is 1.19. The van der Waals surface area contributed by atoms with Gasteiger partial charge in [-0.2, -0.15) is 0 Å². The Morgan fingerprint density at radius 1 is 1.27 bits per heavy atom. The Morgan fingerprint density at radius 3 is 2.77 bits per heavy atom. The molecule has 0 aliphatic carbocycles. The molecule has 138 valence electrons. The van der Waals surface area contributed by atoms with Crippen LogP contribution >= 0.6 is 11.8 Å². The van der Waals surface area contributed by atoms with Crippen LogP contribution in [0.1, 0.15) is 6.92 Å². The fraction of sp³-hybridized carbons (Fsp3) is 0.353. The molecule has 2 aromatic rings. The third kappa shape index (κ3) is 3.93. The van der Waals surface area contributed by atoms with Gasteiger partial charge in [0, 0.05) is 19.2 Å². The summed E-state index contributed by atoms with van der Waals surface area (Å²) >= 11 is 1.28. The number of fused-ring (bicyclic) bond motifs is 1. The number of amides is 3. The maximum atomic E-state index is 11.8. The van der Waals surface area contributed by atoms with E-state index < -0.39 is 6.03 Å². The third-order valence-electron chi connectivity index (χ3n) is 3.79. The first kappa shape index (κ1) is 18.1. The molecule has 8 nitrogen and oxygen atoms in total. The highest BCUT2D eigenvalue weighted by Gasteiger charge is 2.17. The van der Waals surface area contributed by atoms with Gasteiger partial charge < -0.3 is 19.4 Å². The molecule has 3 amide bonds. The van der Waals surface area contributed by atoms with Gasteiger partial charge in [-0.25, -0.2) is 9.78 Å². The van der Waals surface area contributed by atoms with Crippen LogP contribution in [0.4, 0.5) is 4.79 Å². The number of hydrogen-bond acceptors (Lipinski definition) is 6. The molecule has 0 atom stereocenters. The molecular formula is C17H20N4O4S. The van der Waals surface area contributed by atoms with Crippen molar-refractivity contribution in [3.8, 4) is 22.8 Å². The lowest BCUT2D eigenvalue weighted by atomic mass is 10.1. The van der Waals surface area contributed by atoms with Gasteiger partial charge in [0.15, 0.2) is 16.7 Å². The number of ether oxygens (including phenoxy) is 2. The maximum Gasteiger partial charge on any atom is 0.321 e. The lowest BCUT2D eigenvalue weighted by molar-refractivity contribution is -0.117. The van der Waals surface area contributed by atoms with Crippen LogP contribution in [0.3, 0.4) is 0 Å². The van der Waals surface area contributed by atoms with Crippen molar-refractivity contribution in [1.82, 2.24) is 20.2 Å². The van der Waals surface area contributed by atoms with Crippen molar-refractivity contribution < 1.29 is 19.1 Å². The summed E-state index contributed by atoms with van der Waals surface area (Å²) in [5, 5.41) is 5.29. The summed E-state index contributed by atoms with van der Waals surface area (Å²) in [4.78, 5) is 27.4. The topological polar surface area (TPSA) is 94.5 Å². The molecule has 1 aliphatic rings. The molecule has 3 rings (SSSR count). The number of imidazole rings is 1. The molecule has 0 radical (unpaired) electrons. The van der Waals surface area contributed by atoms with Crippen molar-refractivity contribution in [2.24, 2.45) is 0 Å². The zero-order valence-electron chi connectivity index (χ0n) is 14.6. The molecule has 0 saturated carbocycles. The summed E-state index contributed by atoms with van der Waals surface area (Å²) in [5.41, 5.74) is 1.89. The Labute approximate surface area is 155 Å². The summed E-state index contributed by atoms with van der Waals surface area (Å²) in [6.07, 6.45) is 1.77. The van der Waals surface area contributed by atoms with Crippen molar-refractivity contribution in [3.63, 3.8) is 0 Å². The zero-order chi connectivity index (χ0) is 18.5. The minimum atomic E-state index is -0.522. The van der Waals surface area contributed by atoms with Crippen LogP contribution in [0.2, 0.25) is 0 Å². The standard InChI is InChI=1S/C17H20N4O4S/c1-3-21-12(11-4-5-13-14(8-11)25-7-6-24-13)9-19-17(21)26-10-15(22)20-16(23)18-2/h4-5,8-9H,3,6-7,10H2,1-2H3,(H2,18,20,22,23). The molecule has 0 bridgehead atoms. The highest BCUT2D eigenvalue weighted by atomic mass is 32.2. The predicted molar refractivity (Wildman–Crippen MR) is 97.6 cm³/mol. The first-order valence-corrected chi connectivity index (χ1v) is 9.20. The highest BCUT2D eigenvalue weighted by molar-refractivity contribution is 7.99. The van der Waals surface area contributed by atoms with Gasteiger partial charge in [0.1, 0.15) is 13.2 Å². The molecule has 26 heavy (non-hydrogen) atoms. The van der Waals surface area contributed by atoms with Crippen LogP contribution in [0, 0.1) is 0 Å². The van der Waals surface area contributed by atoms with Crippen molar-refractivity contribution in [3.05, 3.63) is 24.4 Å². The minimum Gasteiger partial charge on any atom is -0.486 e. The van der Waals surface area contributed by atoms with Crippen molar-refractivity contribution in [2.75, 3.05) is 26.0 Å². The molecule has 0 fully saturated rings. The van der Waals surface area contributed by atoms with Crippen LogP contribution < -0.4 is 20.1 Å². The molecule has 2 heterocycles. The monoisotopic (exact) mass is 376 g/mol. The van der Waals surface area contributed by atoms with E-state index >= 15 is 0 Å². The predicted octanol–water partition coefficient (Wildman–Crippen LogP) is 1.89. The Balaban J connectivity index is 1.76. The van der Waals surface area contributed by atoms with Crippen LogP contribution in [0.25, 0.3) is 11.3 Å². The SMILES string of the molecule is CCn1c(-c2ccc3c(c2)OCCO3)cnc1SCC(=O)NC(=O)NC. The second-order valence-electron chi connectivity index (χ2n) is 5.44. The molecule has 1 aliphatic heterocycles. The number of thioether (sulfide) groups is 1. The zero-order valence-corrected chi connectivity index (χ0v) is 15.4. The van der Waals surface area contributed by atoms with E-state index in [9.17, 15) is 9.59 Å². The van der Waals surface area contributed by atoms with Crippen LogP contribution in [-0.2, 0) is 11.3 Å². The fourth-order valence-electron chi connectivity index (χ4n) is 2.57. The number of carbonyl (C=O) groups is 2. The van der Waals surface area contributed by atoms with Gasteiger partial charge in [0.25, 0.3) is 0 Å². The second-order valence-corrected chi connectivity index (χ2v) is 6.39. The molecule has 1 aromatic heterocycles. The molecule has 0 saturated heterocycles. The number of nitrogens with zero attached hydrogens (tertiary/aromatic N) is 2. The second kappa shape index (κ2) is 8.13. The number of carbonyl (C=O) groups excluding carboxylic acids is 2. The molecule has 0 spiro atoms. The maximum absolute atomic E-state index is 11.8. The van der Waals surface area contributed by atoms with Gasteiger partial charge in [0.2, 0.25) is 5.91 Å². The van der Waals surface area contributed by atoms with E-state index in [1.54, 1.807) is 6.20 Å². The lowest BCUT2D eigenvalue weighted by Gasteiger charge is -2.19. The average Bonchev–Trinajstić information content (AvgIpc) is 3.08. The van der Waals surface area contributed by atoms with Crippen LogP contribution in [0.5, 0.6) is 11.5 Å². The van der Waals surface area contributed by atoms with E-state index in [-0.39, 0.29) is 11.7 Å². The summed E-state index contributed by atoms with van der Waals surface area (Å²) in [6.45, 7) is 3.80. The first-order chi connectivity index (χ1) is 12.6. The largest absolute Gasteiger partial charge is 0.486 e. The summed E-state index contributed by atoms with van der Waals surface area (Å²) in [7, 11) is 1.46. The molecule has 9 heteroatoms. The lowest BCUT2D eigenvalue weighted by Crippen LogP contribution is -2.38. The minimum absolute atomic E-state index is 0.102. The number of rotatable bonds is 5. The fourth-order valence-corrected chi connectivity index (χ4v) is 3.41. The smallest absolute Gasteiger partial charge is 0.321 e. The quantitative estimate of drug-likeness (QED) is 0.774. The van der Waals surface area contributed by atoms with E-state index in [4.69, 9.17) is 9.47 Å². The van der Waals surface area contributed by atoms with Gasteiger partial charge in [-0.15, -0.1) is 0 Å². The van der Waals surface area contributed by atoms with Gasteiger partial charge in [0.05, 0.1) is 17.6 Å². The number of imide groups is 1. The summed E-state index contributed by atoms with van der Waals surface area (Å²) in [6, 6.07) is 5.26. The van der Waals surface area contributed by atoms with E-state index in [0.29, 0.717) is 24.9 Å². The van der Waals surface area contributed by atoms with Crippen molar-refractivity contribution in [2.45, 2.75) is 18.6 Å². The Hall–Kier alpha value is -2.68. The number of aromatic nitrogens is 2.